The number of anilines is 2. The van der Waals surface area contributed by atoms with Crippen LogP contribution in [0.2, 0.25) is 5.02 Å². The Morgan fingerprint density at radius 2 is 2.12 bits per heavy atom. The highest BCUT2D eigenvalue weighted by Crippen LogP contribution is 2.57. The molecule has 1 spiro atoms. The highest BCUT2D eigenvalue weighted by molar-refractivity contribution is 8.27. The van der Waals surface area contributed by atoms with Crippen LogP contribution >= 0.6 is 35.1 Å². The van der Waals surface area contributed by atoms with E-state index in [1.54, 1.807) is 29.8 Å². The van der Waals surface area contributed by atoms with E-state index in [1.165, 1.54) is 11.8 Å². The van der Waals surface area contributed by atoms with E-state index in [9.17, 15) is 4.79 Å². The summed E-state index contributed by atoms with van der Waals surface area (Å²) in [6.07, 6.45) is 0. The number of rotatable bonds is 3. The van der Waals surface area contributed by atoms with Crippen LogP contribution in [0.5, 0.6) is 0 Å². The summed E-state index contributed by atoms with van der Waals surface area (Å²) in [5.41, 5.74) is 1.81. The summed E-state index contributed by atoms with van der Waals surface area (Å²) in [5.74, 6) is -0.422. The van der Waals surface area contributed by atoms with E-state index in [4.69, 9.17) is 16.3 Å². The molecule has 2 aromatic rings. The van der Waals surface area contributed by atoms with Crippen LogP contribution in [0, 0.1) is 0 Å². The van der Waals surface area contributed by atoms with Gasteiger partial charge in [0.2, 0.25) is 9.37 Å². The molecule has 0 saturated heterocycles. The first-order chi connectivity index (χ1) is 12.1. The highest BCUT2D eigenvalue weighted by Gasteiger charge is 2.51. The molecule has 2 heterocycles. The SMILES string of the molecule is CCOC(=O)C1=NN(c2cccc(Cl)c2)[C@@]2(Nc3ccccc3S2)S1. The van der Waals surface area contributed by atoms with Crippen LogP contribution in [0.15, 0.2) is 58.5 Å². The minimum Gasteiger partial charge on any atom is -0.461 e. The van der Waals surface area contributed by atoms with Crippen LogP contribution in [0.4, 0.5) is 11.4 Å². The number of esters is 1. The molecule has 0 radical (unpaired) electrons. The zero-order valence-electron chi connectivity index (χ0n) is 13.2. The number of thioether (sulfide) groups is 2. The first kappa shape index (κ1) is 16.6. The number of halogens is 1. The first-order valence-corrected chi connectivity index (χ1v) is 9.69. The van der Waals surface area contributed by atoms with Gasteiger partial charge in [-0.2, -0.15) is 5.10 Å². The summed E-state index contributed by atoms with van der Waals surface area (Å²) >= 11 is 9.11. The van der Waals surface area contributed by atoms with Crippen molar-refractivity contribution in [2.75, 3.05) is 16.9 Å². The van der Waals surface area contributed by atoms with Crippen molar-refractivity contribution in [2.24, 2.45) is 5.10 Å². The molecule has 0 saturated carbocycles. The van der Waals surface area contributed by atoms with E-state index in [-0.39, 0.29) is 0 Å². The monoisotopic (exact) mass is 391 g/mol. The molecule has 2 aliphatic rings. The number of carbonyl (C=O) groups excluding carboxylic acids is 1. The van der Waals surface area contributed by atoms with Gasteiger partial charge in [0.15, 0.2) is 0 Å². The predicted molar refractivity (Wildman–Crippen MR) is 104 cm³/mol. The van der Waals surface area contributed by atoms with Gasteiger partial charge in [0.05, 0.1) is 18.0 Å². The molecule has 0 aliphatic carbocycles. The third-order valence-corrected chi connectivity index (χ3v) is 6.49. The standard InChI is InChI=1S/C17H14ClN3O2S2/c1-2-23-16(22)15-20-21(12-7-5-6-11(18)10-12)17(25-15)19-13-8-3-4-9-14(13)24-17/h3-10,19H,2H2,1H3/t17-/m1/s1. The number of hydrogen-bond donors (Lipinski definition) is 1. The molecule has 5 nitrogen and oxygen atoms in total. The van der Waals surface area contributed by atoms with Gasteiger partial charge in [-0.1, -0.05) is 41.6 Å². The number of ether oxygens (including phenoxy) is 1. The second-order valence-corrected chi connectivity index (χ2v) is 8.44. The Labute approximate surface area is 158 Å². The van der Waals surface area contributed by atoms with E-state index >= 15 is 0 Å². The second kappa shape index (κ2) is 6.48. The maximum absolute atomic E-state index is 12.2. The molecule has 8 heteroatoms. The highest BCUT2D eigenvalue weighted by atomic mass is 35.5. The normalized spacial score (nSPS) is 21.0. The summed E-state index contributed by atoms with van der Waals surface area (Å²) in [6, 6.07) is 15.4. The smallest absolute Gasteiger partial charge is 0.365 e. The maximum atomic E-state index is 12.2. The number of carbonyl (C=O) groups is 1. The van der Waals surface area contributed by atoms with Crippen LogP contribution in [-0.4, -0.2) is 21.9 Å². The van der Waals surface area contributed by atoms with Gasteiger partial charge in [0, 0.05) is 9.92 Å². The Bertz CT molecular complexity index is 849. The number of hydrogen-bond acceptors (Lipinski definition) is 7. The van der Waals surface area contributed by atoms with Gasteiger partial charge >= 0.3 is 5.97 Å². The first-order valence-electron chi connectivity index (χ1n) is 7.68. The number of para-hydroxylation sites is 1. The van der Waals surface area contributed by atoms with Gasteiger partial charge in [-0.15, -0.1) is 0 Å². The van der Waals surface area contributed by atoms with Gasteiger partial charge in [-0.05, 0) is 49.0 Å². The van der Waals surface area contributed by atoms with Crippen LogP contribution in [0.1, 0.15) is 6.92 Å². The van der Waals surface area contributed by atoms with E-state index in [1.807, 2.05) is 42.5 Å². The zero-order valence-corrected chi connectivity index (χ0v) is 15.6. The van der Waals surface area contributed by atoms with Gasteiger partial charge in [-0.25, -0.2) is 9.80 Å². The maximum Gasteiger partial charge on any atom is 0.365 e. The molecule has 2 aliphatic heterocycles. The number of fused-ring (bicyclic) bond motifs is 1. The summed E-state index contributed by atoms with van der Waals surface area (Å²) in [4.78, 5) is 13.3. The molecule has 0 aromatic heterocycles. The second-order valence-electron chi connectivity index (χ2n) is 5.32. The minimum atomic E-state index is -0.684. The lowest BCUT2D eigenvalue weighted by atomic mass is 10.3. The molecule has 1 N–H and O–H groups in total. The fourth-order valence-corrected chi connectivity index (χ4v) is 5.45. The lowest BCUT2D eigenvalue weighted by Gasteiger charge is -2.32. The molecule has 0 fully saturated rings. The Kier molecular flexibility index (Phi) is 4.31. The lowest BCUT2D eigenvalue weighted by Crippen LogP contribution is -2.41. The summed E-state index contributed by atoms with van der Waals surface area (Å²) in [6.45, 7) is 2.09. The van der Waals surface area contributed by atoms with E-state index in [0.717, 1.165) is 16.3 Å². The van der Waals surface area contributed by atoms with Crippen molar-refractivity contribution in [1.29, 1.82) is 0 Å². The topological polar surface area (TPSA) is 53.9 Å². The third-order valence-electron chi connectivity index (χ3n) is 3.64. The third kappa shape index (κ3) is 2.96. The molecular weight excluding hydrogens is 378 g/mol. The predicted octanol–water partition coefficient (Wildman–Crippen LogP) is 4.60. The lowest BCUT2D eigenvalue weighted by molar-refractivity contribution is -0.134. The summed E-state index contributed by atoms with van der Waals surface area (Å²) in [7, 11) is 0. The van der Waals surface area contributed by atoms with Crippen molar-refractivity contribution >= 4 is 57.5 Å². The van der Waals surface area contributed by atoms with Gasteiger partial charge < -0.3 is 10.1 Å². The number of nitrogens with zero attached hydrogens (tertiary/aromatic N) is 2. The fourth-order valence-electron chi connectivity index (χ4n) is 2.61. The van der Waals surface area contributed by atoms with Crippen molar-refractivity contribution in [1.82, 2.24) is 0 Å². The van der Waals surface area contributed by atoms with Crippen LogP contribution in [-0.2, 0) is 9.53 Å². The molecule has 4 rings (SSSR count). The minimum absolute atomic E-state index is 0.309. The van der Waals surface area contributed by atoms with Crippen LogP contribution in [0.25, 0.3) is 0 Å². The summed E-state index contributed by atoms with van der Waals surface area (Å²) < 4.78 is 4.45. The van der Waals surface area contributed by atoms with Crippen molar-refractivity contribution in [2.45, 2.75) is 16.1 Å². The number of nitrogens with one attached hydrogen (secondary N) is 1. The van der Waals surface area contributed by atoms with Crippen molar-refractivity contribution in [3.8, 4) is 0 Å². The van der Waals surface area contributed by atoms with Gasteiger partial charge in [0.25, 0.3) is 0 Å². The number of hydrazone groups is 1. The van der Waals surface area contributed by atoms with Gasteiger partial charge in [-0.3, -0.25) is 0 Å². The van der Waals surface area contributed by atoms with E-state index in [2.05, 4.69) is 10.4 Å². The van der Waals surface area contributed by atoms with Gasteiger partial charge in [0.1, 0.15) is 0 Å². The van der Waals surface area contributed by atoms with Crippen LogP contribution < -0.4 is 10.3 Å². The van der Waals surface area contributed by atoms with E-state index < -0.39 is 10.3 Å². The molecule has 2 aromatic carbocycles. The average Bonchev–Trinajstić information content (AvgIpc) is 3.15. The van der Waals surface area contributed by atoms with Crippen molar-refractivity contribution < 1.29 is 9.53 Å². The molecule has 0 amide bonds. The van der Waals surface area contributed by atoms with Crippen LogP contribution in [0.3, 0.4) is 0 Å². The Morgan fingerprint density at radius 1 is 1.28 bits per heavy atom. The molecular formula is C17H14ClN3O2S2. The number of benzene rings is 2. The zero-order chi connectivity index (χ0) is 17.4. The molecule has 25 heavy (non-hydrogen) atoms. The molecule has 128 valence electrons. The molecule has 0 bridgehead atoms. The van der Waals surface area contributed by atoms with E-state index in [0.29, 0.717) is 16.7 Å². The molecule has 0 unspecified atom stereocenters. The Hall–Kier alpha value is -1.83. The Balaban J connectivity index is 1.75. The fraction of sp³-hybridized carbons (Fsp3) is 0.176. The molecule has 1 atom stereocenters. The Morgan fingerprint density at radius 3 is 2.88 bits per heavy atom. The van der Waals surface area contributed by atoms with Crippen molar-refractivity contribution in [3.05, 3.63) is 53.6 Å². The quantitative estimate of drug-likeness (QED) is 0.772. The average molecular weight is 392 g/mol. The largest absolute Gasteiger partial charge is 0.461 e. The summed E-state index contributed by atoms with van der Waals surface area (Å²) in [5, 5.41) is 10.7. The van der Waals surface area contributed by atoms with Crippen molar-refractivity contribution in [3.63, 3.8) is 0 Å².